The van der Waals surface area contributed by atoms with E-state index in [1.807, 2.05) is 30.3 Å². The Labute approximate surface area is 167 Å². The number of nitrogens with zero attached hydrogens (tertiary/aromatic N) is 2. The number of hydrogen-bond donors (Lipinski definition) is 3. The molecule has 0 unspecified atom stereocenters. The summed E-state index contributed by atoms with van der Waals surface area (Å²) in [7, 11) is 1.45. The van der Waals surface area contributed by atoms with Crippen LogP contribution in [0.25, 0.3) is 0 Å². The van der Waals surface area contributed by atoms with E-state index < -0.39 is 40.7 Å². The van der Waals surface area contributed by atoms with Crippen LogP contribution in [0.1, 0.15) is 19.4 Å². The van der Waals surface area contributed by atoms with E-state index in [2.05, 4.69) is 0 Å². The van der Waals surface area contributed by atoms with Crippen molar-refractivity contribution in [3.05, 3.63) is 46.6 Å². The molecule has 1 fully saturated rings. The Morgan fingerprint density at radius 1 is 1.36 bits per heavy atom. The maximum absolute atomic E-state index is 12.8. The second-order valence-corrected chi connectivity index (χ2v) is 8.62. The highest BCUT2D eigenvalue weighted by molar-refractivity contribution is 8.04. The minimum atomic E-state index is -1.31. The highest BCUT2D eigenvalue weighted by atomic mass is 32.2. The quantitative estimate of drug-likeness (QED) is 0.591. The summed E-state index contributed by atoms with van der Waals surface area (Å²) in [6.07, 6.45) is -0.627. The summed E-state index contributed by atoms with van der Waals surface area (Å²) in [6.45, 7) is 3.18. The van der Waals surface area contributed by atoms with Gasteiger partial charge in [-0.05, 0) is 25.8 Å². The molecule has 4 N–H and O–H groups in total. The third kappa shape index (κ3) is 3.09. The minimum absolute atomic E-state index is 0.153. The molecule has 0 spiro atoms. The van der Waals surface area contributed by atoms with E-state index in [1.54, 1.807) is 6.92 Å². The van der Waals surface area contributed by atoms with Crippen LogP contribution in [0, 0.1) is 5.92 Å². The number of nitrogens with two attached hydrogens (primary N) is 1. The first-order chi connectivity index (χ1) is 13.1. The predicted octanol–water partition coefficient (Wildman–Crippen LogP) is 0.571. The van der Waals surface area contributed by atoms with Gasteiger partial charge in [0.05, 0.1) is 18.1 Å². The van der Waals surface area contributed by atoms with Crippen molar-refractivity contribution in [2.75, 3.05) is 7.05 Å². The summed E-state index contributed by atoms with van der Waals surface area (Å²) in [6, 6.07) is 8.42. The van der Waals surface area contributed by atoms with Crippen molar-refractivity contribution < 1.29 is 24.6 Å². The molecule has 1 saturated heterocycles. The number of aliphatic hydroxyl groups excluding tert-OH is 1. The number of hydrogen-bond acceptors (Lipinski definition) is 6. The molecule has 2 aliphatic rings. The fraction of sp³-hybridized carbons (Fsp3) is 0.421. The van der Waals surface area contributed by atoms with Crippen molar-refractivity contribution in [3.63, 3.8) is 0 Å². The molecule has 28 heavy (non-hydrogen) atoms. The van der Waals surface area contributed by atoms with Gasteiger partial charge in [0, 0.05) is 7.05 Å². The van der Waals surface area contributed by atoms with Gasteiger partial charge in [0.2, 0.25) is 11.8 Å². The Balaban J connectivity index is 1.86. The number of amides is 2. The molecule has 3 rings (SSSR count). The molecule has 4 atom stereocenters. The van der Waals surface area contributed by atoms with Crippen molar-refractivity contribution in [1.82, 2.24) is 9.80 Å². The molecular weight excluding hydrogens is 382 g/mol. The monoisotopic (exact) mass is 405 g/mol. The van der Waals surface area contributed by atoms with E-state index in [0.717, 1.165) is 22.2 Å². The smallest absolute Gasteiger partial charge is 0.355 e. The first-order valence-corrected chi connectivity index (χ1v) is 9.67. The zero-order valence-electron chi connectivity index (χ0n) is 15.8. The Morgan fingerprint density at radius 2 is 1.96 bits per heavy atom. The third-order valence-electron chi connectivity index (χ3n) is 5.17. The standard InChI is InChI=1S/C19H23N3O5S/c1-10(23)13-16(25)22-14(18(26)27)17(28-19(13,22)2)21(3)15(24)12(20)9-11-7-5-4-6-8-11/h4-8,10,12-13,23H,9,20H2,1-3H3,(H,26,27)/t10-,12+,13+,19-/m1/s1. The van der Waals surface area contributed by atoms with Crippen LogP contribution in [0.2, 0.25) is 0 Å². The van der Waals surface area contributed by atoms with Crippen LogP contribution >= 0.6 is 11.8 Å². The van der Waals surface area contributed by atoms with Crippen molar-refractivity contribution in [2.24, 2.45) is 11.7 Å². The summed E-state index contributed by atoms with van der Waals surface area (Å²) in [4.78, 5) is 38.6. The number of carbonyl (C=O) groups is 3. The Morgan fingerprint density at radius 3 is 2.50 bits per heavy atom. The van der Waals surface area contributed by atoms with Gasteiger partial charge in [-0.2, -0.15) is 0 Å². The molecule has 2 heterocycles. The summed E-state index contributed by atoms with van der Waals surface area (Å²) >= 11 is 1.09. The van der Waals surface area contributed by atoms with Gasteiger partial charge in [-0.25, -0.2) is 4.79 Å². The fourth-order valence-electron chi connectivity index (χ4n) is 3.81. The summed E-state index contributed by atoms with van der Waals surface area (Å²) in [5.41, 5.74) is 6.71. The molecule has 0 saturated carbocycles. The van der Waals surface area contributed by atoms with Crippen LogP contribution < -0.4 is 5.73 Å². The zero-order chi connectivity index (χ0) is 20.8. The Hall–Kier alpha value is -2.36. The number of rotatable bonds is 6. The van der Waals surface area contributed by atoms with Gasteiger partial charge in [0.25, 0.3) is 0 Å². The van der Waals surface area contributed by atoms with Gasteiger partial charge >= 0.3 is 5.97 Å². The van der Waals surface area contributed by atoms with Crippen molar-refractivity contribution in [1.29, 1.82) is 0 Å². The number of aliphatic carboxylic acids is 1. The molecule has 9 heteroatoms. The van der Waals surface area contributed by atoms with E-state index in [9.17, 15) is 24.6 Å². The average Bonchev–Trinajstić information content (AvgIpc) is 2.90. The normalized spacial score (nSPS) is 25.8. The molecule has 1 aromatic rings. The lowest BCUT2D eigenvalue weighted by Crippen LogP contribution is -2.68. The van der Waals surface area contributed by atoms with Gasteiger partial charge in [-0.1, -0.05) is 42.1 Å². The molecule has 0 radical (unpaired) electrons. The molecule has 2 aliphatic heterocycles. The summed E-state index contributed by atoms with van der Waals surface area (Å²) in [5, 5.41) is 19.8. The van der Waals surface area contributed by atoms with Gasteiger partial charge < -0.3 is 20.8 Å². The fourth-order valence-corrected chi connectivity index (χ4v) is 5.40. The SMILES string of the molecule is C[C@@H](O)[C@H]1C(=O)N2C(C(=O)O)=C(N(C)C(=O)[C@@H](N)Cc3ccccc3)S[C@]12C. The van der Waals surface area contributed by atoms with Crippen LogP contribution in [0.4, 0.5) is 0 Å². The van der Waals surface area contributed by atoms with E-state index in [4.69, 9.17) is 5.73 Å². The first-order valence-electron chi connectivity index (χ1n) is 8.85. The van der Waals surface area contributed by atoms with Crippen molar-refractivity contribution >= 4 is 29.5 Å². The van der Waals surface area contributed by atoms with Crippen LogP contribution in [0.3, 0.4) is 0 Å². The molecule has 2 amide bonds. The maximum Gasteiger partial charge on any atom is 0.355 e. The highest BCUT2D eigenvalue weighted by Crippen LogP contribution is 2.59. The Kier molecular flexibility index (Phi) is 5.26. The minimum Gasteiger partial charge on any atom is -0.476 e. The lowest BCUT2D eigenvalue weighted by atomic mass is 9.83. The summed E-state index contributed by atoms with van der Waals surface area (Å²) in [5.74, 6) is -2.96. The van der Waals surface area contributed by atoms with Gasteiger partial charge in [0.1, 0.15) is 9.90 Å². The molecule has 0 aliphatic carbocycles. The number of carboxylic acid groups (broad SMARTS) is 1. The number of carbonyl (C=O) groups excluding carboxylic acids is 2. The van der Waals surface area contributed by atoms with Crippen molar-refractivity contribution in [3.8, 4) is 0 Å². The van der Waals surface area contributed by atoms with E-state index in [1.165, 1.54) is 18.9 Å². The lowest BCUT2D eigenvalue weighted by molar-refractivity contribution is -0.165. The number of benzene rings is 1. The topological polar surface area (TPSA) is 124 Å². The zero-order valence-corrected chi connectivity index (χ0v) is 16.6. The number of thioether (sulfide) groups is 1. The number of fused-ring (bicyclic) bond motifs is 1. The van der Waals surface area contributed by atoms with Gasteiger partial charge in [-0.15, -0.1) is 0 Å². The predicted molar refractivity (Wildman–Crippen MR) is 104 cm³/mol. The summed E-state index contributed by atoms with van der Waals surface area (Å²) < 4.78 is 0. The molecule has 0 aromatic heterocycles. The van der Waals surface area contributed by atoms with Crippen LogP contribution in [-0.4, -0.2) is 61.9 Å². The molecular formula is C19H23N3O5S. The van der Waals surface area contributed by atoms with Gasteiger partial charge in [0.15, 0.2) is 5.70 Å². The van der Waals surface area contributed by atoms with Gasteiger partial charge in [-0.3, -0.25) is 14.5 Å². The highest BCUT2D eigenvalue weighted by Gasteiger charge is 2.66. The Bertz CT molecular complexity index is 856. The average molecular weight is 405 g/mol. The first kappa shape index (κ1) is 20.4. The lowest BCUT2D eigenvalue weighted by Gasteiger charge is -2.52. The second-order valence-electron chi connectivity index (χ2n) is 7.20. The van der Waals surface area contributed by atoms with E-state index in [0.29, 0.717) is 6.42 Å². The second kappa shape index (κ2) is 7.23. The molecule has 1 aromatic carbocycles. The number of aliphatic hydroxyl groups is 1. The maximum atomic E-state index is 12.8. The number of β-lactam (4-membered cyclic amide) rings is 1. The third-order valence-corrected chi connectivity index (χ3v) is 6.68. The molecule has 0 bridgehead atoms. The largest absolute Gasteiger partial charge is 0.476 e. The van der Waals surface area contributed by atoms with Crippen molar-refractivity contribution in [2.45, 2.75) is 37.3 Å². The molecule has 8 nitrogen and oxygen atoms in total. The number of carboxylic acids is 1. The van der Waals surface area contributed by atoms with Crippen LogP contribution in [0.5, 0.6) is 0 Å². The van der Waals surface area contributed by atoms with Crippen LogP contribution in [0.15, 0.2) is 41.1 Å². The van der Waals surface area contributed by atoms with E-state index in [-0.39, 0.29) is 10.7 Å². The number of likely N-dealkylation sites (N-methyl/N-ethyl adjacent to an activating group) is 1. The van der Waals surface area contributed by atoms with E-state index >= 15 is 0 Å². The van der Waals surface area contributed by atoms with Crippen LogP contribution in [-0.2, 0) is 20.8 Å². The molecule has 150 valence electrons.